The maximum Gasteiger partial charge on any atom is 0.213 e. The van der Waals surface area contributed by atoms with E-state index in [0.717, 1.165) is 5.52 Å². The van der Waals surface area contributed by atoms with Crippen molar-refractivity contribution < 1.29 is 4.74 Å². The highest BCUT2D eigenvalue weighted by molar-refractivity contribution is 5.86. The molecule has 0 saturated heterocycles. The van der Waals surface area contributed by atoms with Gasteiger partial charge in [-0.15, -0.1) is 0 Å². The van der Waals surface area contributed by atoms with Crippen LogP contribution in [0.5, 0.6) is 5.88 Å². The lowest BCUT2D eigenvalue weighted by Gasteiger charge is -2.04. The normalized spacial score (nSPS) is 9.75. The molecular weight excluding hydrogens is 202 g/mol. The Bertz CT molecular complexity index is 599. The van der Waals surface area contributed by atoms with Gasteiger partial charge in [-0.1, -0.05) is 12.7 Å². The molecule has 2 rings (SSSR count). The van der Waals surface area contributed by atoms with E-state index in [1.165, 1.54) is 6.20 Å². The number of hydrogen-bond donors (Lipinski definition) is 0. The average Bonchev–Trinajstić information content (AvgIpc) is 2.36. The summed E-state index contributed by atoms with van der Waals surface area (Å²) in [5.41, 5.74) is 2.50. The first-order valence-electron chi connectivity index (χ1n) is 4.66. The van der Waals surface area contributed by atoms with Crippen LogP contribution in [0.2, 0.25) is 0 Å². The summed E-state index contributed by atoms with van der Waals surface area (Å²) in [4.78, 5) is 8.41. The van der Waals surface area contributed by atoms with E-state index in [2.05, 4.69) is 22.6 Å². The lowest BCUT2D eigenvalue weighted by Crippen LogP contribution is -1.94. The molecule has 0 fully saturated rings. The van der Waals surface area contributed by atoms with Crippen LogP contribution in [0.3, 0.4) is 0 Å². The van der Waals surface area contributed by atoms with Gasteiger partial charge in [0.2, 0.25) is 5.88 Å². The lowest BCUT2D eigenvalue weighted by atomic mass is 10.1. The molecule has 2 aromatic heterocycles. The van der Waals surface area contributed by atoms with Gasteiger partial charge in [0.05, 0.1) is 18.2 Å². The Hall–Kier alpha value is -2.41. The summed E-state index contributed by atoms with van der Waals surface area (Å²) >= 11 is 0. The van der Waals surface area contributed by atoms with Crippen LogP contribution < -0.4 is 4.74 Å². The monoisotopic (exact) mass is 211 g/mol. The second-order valence-corrected chi connectivity index (χ2v) is 3.12. The van der Waals surface area contributed by atoms with E-state index in [1.807, 2.05) is 0 Å². The molecule has 78 valence electrons. The molecule has 2 aromatic rings. The Labute approximate surface area is 92.8 Å². The molecule has 0 N–H and O–H groups in total. The van der Waals surface area contributed by atoms with Gasteiger partial charge in [-0.05, 0) is 6.07 Å². The van der Waals surface area contributed by atoms with Crippen LogP contribution in [0, 0.1) is 11.3 Å². The number of nitriles is 1. The number of aromatic nitrogens is 2. The van der Waals surface area contributed by atoms with Gasteiger partial charge < -0.3 is 4.74 Å². The molecule has 0 aromatic carbocycles. The van der Waals surface area contributed by atoms with E-state index in [9.17, 15) is 0 Å². The molecule has 0 saturated carbocycles. The molecule has 0 radical (unpaired) electrons. The number of pyridine rings is 2. The van der Waals surface area contributed by atoms with Gasteiger partial charge >= 0.3 is 0 Å². The summed E-state index contributed by atoms with van der Waals surface area (Å²) < 4.78 is 5.04. The molecule has 16 heavy (non-hydrogen) atoms. The zero-order valence-corrected chi connectivity index (χ0v) is 8.77. The molecule has 0 amide bonds. The van der Waals surface area contributed by atoms with Crippen molar-refractivity contribution in [2.24, 2.45) is 0 Å². The van der Waals surface area contributed by atoms with E-state index in [4.69, 9.17) is 10.00 Å². The summed E-state index contributed by atoms with van der Waals surface area (Å²) in [6.45, 7) is 3.69. The van der Waals surface area contributed by atoms with Gasteiger partial charge in [0.25, 0.3) is 0 Å². The van der Waals surface area contributed by atoms with Crippen molar-refractivity contribution in [1.82, 2.24) is 9.97 Å². The Balaban J connectivity index is 2.84. The fourth-order valence-corrected chi connectivity index (χ4v) is 1.48. The van der Waals surface area contributed by atoms with Gasteiger partial charge in [0.15, 0.2) is 0 Å². The van der Waals surface area contributed by atoms with Crippen LogP contribution in [0.1, 0.15) is 11.1 Å². The molecule has 0 aliphatic carbocycles. The lowest BCUT2D eigenvalue weighted by molar-refractivity contribution is 0.399. The third kappa shape index (κ3) is 1.48. The highest BCUT2D eigenvalue weighted by Crippen LogP contribution is 2.21. The molecule has 4 heteroatoms. The zero-order valence-electron chi connectivity index (χ0n) is 8.77. The summed E-state index contributed by atoms with van der Waals surface area (Å²) in [6, 6.07) is 5.59. The van der Waals surface area contributed by atoms with Gasteiger partial charge in [0.1, 0.15) is 11.6 Å². The van der Waals surface area contributed by atoms with E-state index in [0.29, 0.717) is 22.5 Å². The third-order valence-electron chi connectivity index (χ3n) is 2.26. The quantitative estimate of drug-likeness (QED) is 0.763. The predicted octanol–water partition coefficient (Wildman–Crippen LogP) is 2.15. The van der Waals surface area contributed by atoms with E-state index in [1.54, 1.807) is 25.3 Å². The van der Waals surface area contributed by atoms with Gasteiger partial charge in [-0.2, -0.15) is 5.26 Å². The summed E-state index contributed by atoms with van der Waals surface area (Å²) in [7, 11) is 1.54. The first-order valence-corrected chi connectivity index (χ1v) is 4.66. The minimum atomic E-state index is 0.461. The molecule has 0 unspecified atom stereocenters. The number of methoxy groups -OCH3 is 1. The second-order valence-electron chi connectivity index (χ2n) is 3.12. The van der Waals surface area contributed by atoms with Crippen LogP contribution in [0.4, 0.5) is 0 Å². The molecule has 0 aliphatic heterocycles. The number of rotatable bonds is 2. The van der Waals surface area contributed by atoms with E-state index >= 15 is 0 Å². The summed E-state index contributed by atoms with van der Waals surface area (Å²) in [6.07, 6.45) is 3.13. The maximum absolute atomic E-state index is 8.94. The SMILES string of the molecule is C=Cc1c(C#N)cnc2ccc(OC)nc12. The number of nitrogens with zero attached hydrogens (tertiary/aromatic N) is 3. The molecule has 0 atom stereocenters. The largest absolute Gasteiger partial charge is 0.481 e. The van der Waals surface area contributed by atoms with Crippen molar-refractivity contribution in [2.45, 2.75) is 0 Å². The molecule has 0 bridgehead atoms. The van der Waals surface area contributed by atoms with Crippen LogP contribution >= 0.6 is 0 Å². The Kier molecular flexibility index (Phi) is 2.52. The van der Waals surface area contributed by atoms with Crippen molar-refractivity contribution in [3.05, 3.63) is 36.0 Å². The van der Waals surface area contributed by atoms with Crippen molar-refractivity contribution in [2.75, 3.05) is 7.11 Å². The Morgan fingerprint density at radius 3 is 2.94 bits per heavy atom. The van der Waals surface area contributed by atoms with Crippen LogP contribution in [0.15, 0.2) is 24.9 Å². The molecule has 4 nitrogen and oxygen atoms in total. The van der Waals surface area contributed by atoms with Crippen LogP contribution in [0.25, 0.3) is 17.1 Å². The number of fused-ring (bicyclic) bond motifs is 1. The molecular formula is C12H9N3O. The highest BCUT2D eigenvalue weighted by Gasteiger charge is 2.08. The minimum absolute atomic E-state index is 0.461. The van der Waals surface area contributed by atoms with Crippen molar-refractivity contribution in [3.63, 3.8) is 0 Å². The Morgan fingerprint density at radius 1 is 1.50 bits per heavy atom. The minimum Gasteiger partial charge on any atom is -0.481 e. The number of hydrogen-bond acceptors (Lipinski definition) is 4. The first-order chi connectivity index (χ1) is 7.80. The van der Waals surface area contributed by atoms with Crippen molar-refractivity contribution in [1.29, 1.82) is 5.26 Å². The van der Waals surface area contributed by atoms with Crippen LogP contribution in [-0.2, 0) is 0 Å². The van der Waals surface area contributed by atoms with E-state index < -0.39 is 0 Å². The topological polar surface area (TPSA) is 58.8 Å². The van der Waals surface area contributed by atoms with Gasteiger partial charge in [0, 0.05) is 17.8 Å². The summed E-state index contributed by atoms with van der Waals surface area (Å²) in [5, 5.41) is 8.94. The van der Waals surface area contributed by atoms with E-state index in [-0.39, 0.29) is 0 Å². The van der Waals surface area contributed by atoms with Crippen molar-refractivity contribution in [3.8, 4) is 11.9 Å². The smallest absolute Gasteiger partial charge is 0.213 e. The standard InChI is InChI=1S/C12H9N3O/c1-3-9-8(6-13)7-14-10-4-5-11(16-2)15-12(9)10/h3-5,7H,1H2,2H3. The fourth-order valence-electron chi connectivity index (χ4n) is 1.48. The maximum atomic E-state index is 8.94. The predicted molar refractivity (Wildman–Crippen MR) is 60.9 cm³/mol. The molecule has 2 heterocycles. The first kappa shape index (κ1) is 10.1. The molecule has 0 spiro atoms. The third-order valence-corrected chi connectivity index (χ3v) is 2.26. The number of ether oxygens (including phenoxy) is 1. The Morgan fingerprint density at radius 2 is 2.31 bits per heavy atom. The molecule has 0 aliphatic rings. The average molecular weight is 211 g/mol. The van der Waals surface area contributed by atoms with Gasteiger partial charge in [-0.25, -0.2) is 4.98 Å². The zero-order chi connectivity index (χ0) is 11.5. The highest BCUT2D eigenvalue weighted by atomic mass is 16.5. The summed E-state index contributed by atoms with van der Waals surface area (Å²) in [5.74, 6) is 0.493. The second kappa shape index (κ2) is 3.99. The fraction of sp³-hybridized carbons (Fsp3) is 0.0833. The van der Waals surface area contributed by atoms with Crippen molar-refractivity contribution >= 4 is 17.1 Å². The van der Waals surface area contributed by atoms with Gasteiger partial charge in [-0.3, -0.25) is 4.98 Å². The van der Waals surface area contributed by atoms with Crippen LogP contribution in [-0.4, -0.2) is 17.1 Å².